The van der Waals surface area contributed by atoms with Crippen LogP contribution in [0.25, 0.3) is 43.8 Å². The Hall–Kier alpha value is -6.70. The van der Waals surface area contributed by atoms with E-state index in [0.29, 0.717) is 0 Å². The number of anilines is 3. The van der Waals surface area contributed by atoms with Crippen molar-refractivity contribution in [1.29, 1.82) is 0 Å². The highest BCUT2D eigenvalue weighted by Crippen LogP contribution is 2.57. The minimum Gasteiger partial charge on any atom is -0.310 e. The summed E-state index contributed by atoms with van der Waals surface area (Å²) >= 11 is 0. The zero-order valence-electron chi connectivity index (χ0n) is 34.4. The summed E-state index contributed by atoms with van der Waals surface area (Å²) in [6.07, 6.45) is 0. The van der Waals surface area contributed by atoms with E-state index in [-0.39, 0.29) is 10.8 Å². The summed E-state index contributed by atoms with van der Waals surface area (Å²) in [6.45, 7) is 11.6. The smallest absolute Gasteiger partial charge is 0.0714 e. The molecule has 2 aliphatic carbocycles. The van der Waals surface area contributed by atoms with Crippen LogP contribution in [0, 0.1) is 0 Å². The molecule has 0 heterocycles. The first kappa shape index (κ1) is 35.5. The molecule has 0 radical (unpaired) electrons. The van der Waals surface area contributed by atoms with Crippen LogP contribution in [0.4, 0.5) is 17.1 Å². The molecular formula is C58H47N. The Morgan fingerprint density at radius 2 is 0.847 bits per heavy atom. The standard InChI is InChI=1S/C58H47N/c1-56(2,3)42-25-28-45(29-26-42)59(46-27-24-40-34-51-50-33-38-16-12-13-17-39(38)35-53(50)57(4,5)54(51)36-41(40)32-46)47-30-31-49-48-22-14-15-23-52(48)58(55(49)37-47,43-18-8-6-9-19-43)44-20-10-7-11-21-44/h6-37H,1-5H3. The summed E-state index contributed by atoms with van der Waals surface area (Å²) in [5.41, 5.74) is 17.4. The molecule has 0 amide bonds. The van der Waals surface area contributed by atoms with Gasteiger partial charge in [0.05, 0.1) is 5.41 Å². The zero-order chi connectivity index (χ0) is 40.1. The Morgan fingerprint density at radius 1 is 0.356 bits per heavy atom. The third-order valence-corrected chi connectivity index (χ3v) is 13.4. The molecule has 1 heteroatoms. The van der Waals surface area contributed by atoms with E-state index >= 15 is 0 Å². The van der Waals surface area contributed by atoms with E-state index in [2.05, 4.69) is 234 Å². The van der Waals surface area contributed by atoms with Crippen molar-refractivity contribution >= 4 is 38.6 Å². The summed E-state index contributed by atoms with van der Waals surface area (Å²) in [6, 6.07) is 73.1. The molecule has 284 valence electrons. The second-order valence-electron chi connectivity index (χ2n) is 18.2. The molecule has 0 aliphatic heterocycles. The fraction of sp³-hybridized carbons (Fsp3) is 0.138. The highest BCUT2D eigenvalue weighted by Gasteiger charge is 2.46. The van der Waals surface area contributed by atoms with Crippen molar-refractivity contribution in [3.05, 3.63) is 233 Å². The summed E-state index contributed by atoms with van der Waals surface area (Å²) < 4.78 is 0. The van der Waals surface area contributed by atoms with Crippen molar-refractivity contribution < 1.29 is 0 Å². The average molecular weight is 758 g/mol. The lowest BCUT2D eigenvalue weighted by Gasteiger charge is -2.35. The first-order valence-corrected chi connectivity index (χ1v) is 21.0. The lowest BCUT2D eigenvalue weighted by molar-refractivity contribution is 0.590. The molecule has 0 spiro atoms. The van der Waals surface area contributed by atoms with Gasteiger partial charge < -0.3 is 4.90 Å². The molecule has 0 fully saturated rings. The first-order valence-electron chi connectivity index (χ1n) is 21.0. The molecule has 0 N–H and O–H groups in total. The lowest BCUT2D eigenvalue weighted by atomic mass is 9.67. The second-order valence-corrected chi connectivity index (χ2v) is 18.2. The molecule has 1 nitrogen and oxygen atoms in total. The molecule has 2 aliphatic rings. The number of rotatable bonds is 5. The normalized spacial score (nSPS) is 14.5. The third kappa shape index (κ3) is 5.31. The number of benzene rings is 9. The number of hydrogen-bond donors (Lipinski definition) is 0. The topological polar surface area (TPSA) is 3.24 Å². The molecule has 59 heavy (non-hydrogen) atoms. The first-order chi connectivity index (χ1) is 28.6. The van der Waals surface area contributed by atoms with E-state index in [1.54, 1.807) is 0 Å². The van der Waals surface area contributed by atoms with E-state index in [9.17, 15) is 0 Å². The quantitative estimate of drug-likeness (QED) is 0.169. The lowest BCUT2D eigenvalue weighted by Crippen LogP contribution is -2.28. The molecule has 9 aromatic carbocycles. The minimum absolute atomic E-state index is 0.0488. The van der Waals surface area contributed by atoms with Crippen molar-refractivity contribution in [2.24, 2.45) is 0 Å². The van der Waals surface area contributed by atoms with Gasteiger partial charge in [-0.05, 0) is 149 Å². The maximum Gasteiger partial charge on any atom is 0.0714 e. The van der Waals surface area contributed by atoms with Gasteiger partial charge in [0.25, 0.3) is 0 Å². The van der Waals surface area contributed by atoms with Crippen molar-refractivity contribution in [3.8, 4) is 22.3 Å². The average Bonchev–Trinajstić information content (AvgIpc) is 3.67. The number of nitrogens with zero attached hydrogens (tertiary/aromatic N) is 1. The van der Waals surface area contributed by atoms with Crippen LogP contribution >= 0.6 is 0 Å². The summed E-state index contributed by atoms with van der Waals surface area (Å²) in [5.74, 6) is 0. The number of hydrogen-bond acceptors (Lipinski definition) is 1. The van der Waals surface area contributed by atoms with Gasteiger partial charge >= 0.3 is 0 Å². The van der Waals surface area contributed by atoms with Crippen LogP contribution in [0.15, 0.2) is 194 Å². The Bertz CT molecular complexity index is 3050. The Balaban J connectivity index is 1.13. The van der Waals surface area contributed by atoms with Crippen LogP contribution in [-0.2, 0) is 16.2 Å². The predicted octanol–water partition coefficient (Wildman–Crippen LogP) is 15.4. The fourth-order valence-corrected chi connectivity index (χ4v) is 10.4. The van der Waals surface area contributed by atoms with Gasteiger partial charge in [0.1, 0.15) is 0 Å². The maximum atomic E-state index is 2.48. The third-order valence-electron chi connectivity index (χ3n) is 13.4. The minimum atomic E-state index is -0.485. The van der Waals surface area contributed by atoms with Crippen LogP contribution in [-0.4, -0.2) is 0 Å². The van der Waals surface area contributed by atoms with Crippen LogP contribution < -0.4 is 4.90 Å². The SMILES string of the molecule is CC(C)(C)c1ccc(N(c2ccc3c(c2)C(c2ccccc2)(c2ccccc2)c2ccccc2-3)c2ccc3cc4c(cc3c2)C(C)(C)c2cc3ccccc3cc2-4)cc1. The van der Waals surface area contributed by atoms with E-state index in [0.717, 1.165) is 17.1 Å². The molecule has 0 bridgehead atoms. The van der Waals surface area contributed by atoms with Crippen molar-refractivity contribution in [1.82, 2.24) is 0 Å². The van der Waals surface area contributed by atoms with E-state index in [4.69, 9.17) is 0 Å². The summed E-state index contributed by atoms with van der Waals surface area (Å²) in [5, 5.41) is 5.09. The number of fused-ring (bicyclic) bond motifs is 8. The Labute approximate surface area is 348 Å². The van der Waals surface area contributed by atoms with E-state index < -0.39 is 5.41 Å². The van der Waals surface area contributed by atoms with Gasteiger partial charge in [0.2, 0.25) is 0 Å². The van der Waals surface area contributed by atoms with Gasteiger partial charge in [-0.2, -0.15) is 0 Å². The van der Waals surface area contributed by atoms with Gasteiger partial charge in [-0.1, -0.05) is 168 Å². The maximum absolute atomic E-state index is 2.48. The Kier molecular flexibility index (Phi) is 7.75. The van der Waals surface area contributed by atoms with Gasteiger partial charge in [-0.15, -0.1) is 0 Å². The molecular weight excluding hydrogens is 711 g/mol. The molecule has 9 aromatic rings. The monoisotopic (exact) mass is 757 g/mol. The Morgan fingerprint density at radius 3 is 1.49 bits per heavy atom. The highest BCUT2D eigenvalue weighted by molar-refractivity contribution is 6.00. The van der Waals surface area contributed by atoms with Crippen LogP contribution in [0.1, 0.15) is 73.6 Å². The van der Waals surface area contributed by atoms with Crippen LogP contribution in [0.3, 0.4) is 0 Å². The van der Waals surface area contributed by atoms with Crippen molar-refractivity contribution in [2.75, 3.05) is 4.90 Å². The van der Waals surface area contributed by atoms with Crippen LogP contribution in [0.2, 0.25) is 0 Å². The van der Waals surface area contributed by atoms with Crippen molar-refractivity contribution in [3.63, 3.8) is 0 Å². The van der Waals surface area contributed by atoms with E-state index in [1.165, 1.54) is 82.7 Å². The van der Waals surface area contributed by atoms with Gasteiger partial charge in [0, 0.05) is 22.5 Å². The van der Waals surface area contributed by atoms with Gasteiger partial charge in [0.15, 0.2) is 0 Å². The molecule has 11 rings (SSSR count). The molecule has 0 unspecified atom stereocenters. The van der Waals surface area contributed by atoms with Gasteiger partial charge in [-0.25, -0.2) is 0 Å². The van der Waals surface area contributed by atoms with Crippen molar-refractivity contribution in [2.45, 2.75) is 50.9 Å². The summed E-state index contributed by atoms with van der Waals surface area (Å²) in [4.78, 5) is 2.47. The largest absolute Gasteiger partial charge is 0.310 e. The molecule has 0 aromatic heterocycles. The highest BCUT2D eigenvalue weighted by atomic mass is 15.1. The zero-order valence-corrected chi connectivity index (χ0v) is 34.4. The predicted molar refractivity (Wildman–Crippen MR) is 250 cm³/mol. The fourth-order valence-electron chi connectivity index (χ4n) is 10.4. The summed E-state index contributed by atoms with van der Waals surface area (Å²) in [7, 11) is 0. The molecule has 0 atom stereocenters. The van der Waals surface area contributed by atoms with Crippen LogP contribution in [0.5, 0.6) is 0 Å². The van der Waals surface area contributed by atoms with E-state index in [1.807, 2.05) is 0 Å². The molecule has 0 saturated heterocycles. The van der Waals surface area contributed by atoms with Gasteiger partial charge in [-0.3, -0.25) is 0 Å². The second kappa shape index (κ2) is 12.9. The molecule has 0 saturated carbocycles.